The van der Waals surface area contributed by atoms with Gasteiger partial charge < -0.3 is 11.1 Å². The first-order valence-corrected chi connectivity index (χ1v) is 9.96. The van der Waals surface area contributed by atoms with E-state index in [1.54, 1.807) is 11.3 Å². The van der Waals surface area contributed by atoms with Crippen LogP contribution in [0.5, 0.6) is 0 Å². The van der Waals surface area contributed by atoms with E-state index in [9.17, 15) is 9.59 Å². The molecule has 0 aliphatic carbocycles. The molecule has 3 N–H and O–H groups in total. The van der Waals surface area contributed by atoms with Crippen molar-refractivity contribution in [3.63, 3.8) is 0 Å². The van der Waals surface area contributed by atoms with Gasteiger partial charge in [-0.2, -0.15) is 11.3 Å². The number of nitrogens with one attached hydrogen (secondary N) is 1. The summed E-state index contributed by atoms with van der Waals surface area (Å²) in [6.45, 7) is 2.53. The van der Waals surface area contributed by atoms with E-state index in [4.69, 9.17) is 5.73 Å². The average molecular weight is 372 g/mol. The molecule has 5 nitrogen and oxygen atoms in total. The van der Waals surface area contributed by atoms with Gasteiger partial charge in [-0.25, -0.2) is 0 Å². The third kappa shape index (κ3) is 5.41. The molecule has 0 radical (unpaired) electrons. The summed E-state index contributed by atoms with van der Waals surface area (Å²) in [6, 6.07) is 9.99. The lowest BCUT2D eigenvalue weighted by molar-refractivity contribution is -0.123. The maximum Gasteiger partial charge on any atom is 0.224 e. The van der Waals surface area contributed by atoms with E-state index in [1.165, 1.54) is 11.1 Å². The number of primary amides is 1. The molecular formula is C20H25N3O2S. The number of piperidine rings is 1. The van der Waals surface area contributed by atoms with Crippen molar-refractivity contribution in [1.82, 2.24) is 4.90 Å². The first-order chi connectivity index (χ1) is 12.6. The highest BCUT2D eigenvalue weighted by Gasteiger charge is 2.23. The van der Waals surface area contributed by atoms with Crippen molar-refractivity contribution in [3.05, 3.63) is 52.2 Å². The monoisotopic (exact) mass is 371 g/mol. The Hall–Kier alpha value is -2.18. The fourth-order valence-corrected chi connectivity index (χ4v) is 4.00. The van der Waals surface area contributed by atoms with Crippen LogP contribution in [0.1, 0.15) is 30.4 Å². The second-order valence-electron chi connectivity index (χ2n) is 6.85. The van der Waals surface area contributed by atoms with Crippen LogP contribution in [0.3, 0.4) is 0 Å². The zero-order valence-corrected chi connectivity index (χ0v) is 15.6. The molecule has 1 fully saturated rings. The smallest absolute Gasteiger partial charge is 0.224 e. The van der Waals surface area contributed by atoms with Crippen LogP contribution in [-0.2, 0) is 22.6 Å². The van der Waals surface area contributed by atoms with Crippen molar-refractivity contribution in [2.24, 2.45) is 11.7 Å². The molecule has 0 saturated carbocycles. The molecule has 138 valence electrons. The molecule has 1 aromatic heterocycles. The lowest BCUT2D eigenvalue weighted by atomic mass is 9.97. The normalized spacial score (nSPS) is 17.8. The van der Waals surface area contributed by atoms with Gasteiger partial charge in [0, 0.05) is 25.2 Å². The number of nitrogens with two attached hydrogens (primary N) is 1. The summed E-state index contributed by atoms with van der Waals surface area (Å²) in [7, 11) is 0. The van der Waals surface area contributed by atoms with Crippen molar-refractivity contribution >= 4 is 28.8 Å². The molecule has 1 atom stereocenters. The summed E-state index contributed by atoms with van der Waals surface area (Å²) < 4.78 is 0. The molecule has 0 bridgehead atoms. The molecule has 1 aliphatic heterocycles. The largest absolute Gasteiger partial charge is 0.369 e. The molecular weight excluding hydrogens is 346 g/mol. The van der Waals surface area contributed by atoms with E-state index in [0.717, 1.165) is 44.6 Å². The van der Waals surface area contributed by atoms with Gasteiger partial charge in [-0.15, -0.1) is 0 Å². The van der Waals surface area contributed by atoms with Gasteiger partial charge in [0.2, 0.25) is 11.8 Å². The first-order valence-electron chi connectivity index (χ1n) is 9.01. The number of nitrogens with zero attached hydrogens (tertiary/aromatic N) is 1. The highest BCUT2D eigenvalue weighted by atomic mass is 32.1. The summed E-state index contributed by atoms with van der Waals surface area (Å²) in [5.41, 5.74) is 8.63. The van der Waals surface area contributed by atoms with Gasteiger partial charge in [0.15, 0.2) is 0 Å². The zero-order valence-electron chi connectivity index (χ0n) is 14.8. The van der Waals surface area contributed by atoms with E-state index in [2.05, 4.69) is 21.7 Å². The van der Waals surface area contributed by atoms with Crippen LogP contribution in [-0.4, -0.2) is 29.8 Å². The molecule has 26 heavy (non-hydrogen) atoms. The van der Waals surface area contributed by atoms with Crippen LogP contribution >= 0.6 is 11.3 Å². The van der Waals surface area contributed by atoms with Crippen LogP contribution in [0.25, 0.3) is 0 Å². The van der Waals surface area contributed by atoms with Gasteiger partial charge in [-0.1, -0.05) is 12.1 Å². The Kier molecular flexibility index (Phi) is 6.41. The van der Waals surface area contributed by atoms with Crippen molar-refractivity contribution in [3.8, 4) is 0 Å². The number of thiophene rings is 1. The maximum absolute atomic E-state index is 12.0. The highest BCUT2D eigenvalue weighted by molar-refractivity contribution is 7.07. The fraction of sp³-hybridized carbons (Fsp3) is 0.400. The molecule has 1 saturated heterocycles. The number of amides is 2. The van der Waals surface area contributed by atoms with Gasteiger partial charge in [-0.3, -0.25) is 14.5 Å². The molecule has 0 spiro atoms. The molecule has 3 rings (SSSR count). The molecule has 2 heterocycles. The van der Waals surface area contributed by atoms with Gasteiger partial charge >= 0.3 is 0 Å². The molecule has 2 amide bonds. The number of benzene rings is 1. The van der Waals surface area contributed by atoms with Crippen molar-refractivity contribution < 1.29 is 9.59 Å². The van der Waals surface area contributed by atoms with E-state index in [1.807, 2.05) is 29.6 Å². The summed E-state index contributed by atoms with van der Waals surface area (Å²) in [5.74, 6) is -0.204. The Balaban J connectivity index is 1.47. The minimum Gasteiger partial charge on any atom is -0.369 e. The molecule has 1 unspecified atom stereocenters. The van der Waals surface area contributed by atoms with Crippen LogP contribution in [0, 0.1) is 5.92 Å². The quantitative estimate of drug-likeness (QED) is 0.785. The first kappa shape index (κ1) is 18.6. The number of carbonyl (C=O) groups excluding carboxylic acids is 2. The minimum absolute atomic E-state index is 0.0317. The number of likely N-dealkylation sites (tertiary alicyclic amines) is 1. The third-order valence-corrected chi connectivity index (χ3v) is 5.50. The Bertz CT molecular complexity index is 728. The van der Waals surface area contributed by atoms with Crippen molar-refractivity contribution in [1.29, 1.82) is 0 Å². The van der Waals surface area contributed by atoms with Crippen molar-refractivity contribution in [2.45, 2.75) is 32.2 Å². The van der Waals surface area contributed by atoms with Gasteiger partial charge in [0.25, 0.3) is 0 Å². The summed E-state index contributed by atoms with van der Waals surface area (Å²) in [4.78, 5) is 25.7. The number of anilines is 1. The number of hydrogen-bond acceptors (Lipinski definition) is 4. The van der Waals surface area contributed by atoms with E-state index in [0.29, 0.717) is 6.42 Å². The van der Waals surface area contributed by atoms with Gasteiger partial charge in [0.05, 0.1) is 5.92 Å². The second kappa shape index (κ2) is 8.96. The Morgan fingerprint density at radius 3 is 2.69 bits per heavy atom. The minimum atomic E-state index is -0.199. The topological polar surface area (TPSA) is 75.4 Å². The van der Waals surface area contributed by atoms with E-state index < -0.39 is 0 Å². The Labute approximate surface area is 158 Å². The standard InChI is InChI=1S/C20H25N3O2S/c21-20(25)17-2-1-10-23(13-17)12-15-3-6-18(7-4-15)22-19(24)8-5-16-9-11-26-14-16/h3-4,6-7,9,11,14,17H,1-2,5,8,10,12-13H2,(H2,21,25)(H,22,24). The zero-order chi connectivity index (χ0) is 18.4. The summed E-state index contributed by atoms with van der Waals surface area (Å²) in [6.07, 6.45) is 3.15. The van der Waals surface area contributed by atoms with Gasteiger partial charge in [0.1, 0.15) is 0 Å². The third-order valence-electron chi connectivity index (χ3n) is 4.77. The SMILES string of the molecule is NC(=O)C1CCCN(Cc2ccc(NC(=O)CCc3ccsc3)cc2)C1. The number of hydrogen-bond donors (Lipinski definition) is 2. The molecule has 6 heteroatoms. The second-order valence-corrected chi connectivity index (χ2v) is 7.63. The number of carbonyl (C=O) groups is 2. The van der Waals surface area contributed by atoms with Crippen LogP contribution < -0.4 is 11.1 Å². The Morgan fingerprint density at radius 1 is 1.19 bits per heavy atom. The van der Waals surface area contributed by atoms with Crippen LogP contribution in [0.2, 0.25) is 0 Å². The maximum atomic E-state index is 12.0. The van der Waals surface area contributed by atoms with E-state index in [-0.39, 0.29) is 17.7 Å². The van der Waals surface area contributed by atoms with Gasteiger partial charge in [-0.05, 0) is 65.9 Å². The molecule has 2 aromatic rings. The molecule has 1 aromatic carbocycles. The molecule has 1 aliphatic rings. The number of aryl methyl sites for hydroxylation is 1. The highest BCUT2D eigenvalue weighted by Crippen LogP contribution is 2.19. The fourth-order valence-electron chi connectivity index (χ4n) is 3.30. The Morgan fingerprint density at radius 2 is 2.00 bits per heavy atom. The predicted molar refractivity (Wildman–Crippen MR) is 105 cm³/mol. The average Bonchev–Trinajstić information content (AvgIpc) is 3.15. The van der Waals surface area contributed by atoms with Crippen LogP contribution in [0.4, 0.5) is 5.69 Å². The van der Waals surface area contributed by atoms with Crippen molar-refractivity contribution in [2.75, 3.05) is 18.4 Å². The van der Waals surface area contributed by atoms with E-state index >= 15 is 0 Å². The lowest BCUT2D eigenvalue weighted by Crippen LogP contribution is -2.40. The lowest BCUT2D eigenvalue weighted by Gasteiger charge is -2.31. The number of rotatable bonds is 7. The summed E-state index contributed by atoms with van der Waals surface area (Å²) in [5, 5.41) is 7.05. The van der Waals surface area contributed by atoms with Crippen LogP contribution in [0.15, 0.2) is 41.1 Å². The predicted octanol–water partition coefficient (Wildman–Crippen LogP) is 3.02. The summed E-state index contributed by atoms with van der Waals surface area (Å²) >= 11 is 1.65.